The van der Waals surface area contributed by atoms with Gasteiger partial charge in [0.25, 0.3) is 0 Å². The van der Waals surface area contributed by atoms with Gasteiger partial charge in [-0.1, -0.05) is 92.4 Å². The summed E-state index contributed by atoms with van der Waals surface area (Å²) < 4.78 is 19.4. The third-order valence-electron chi connectivity index (χ3n) is 8.06. The highest BCUT2D eigenvalue weighted by atomic mass is 31.2. The van der Waals surface area contributed by atoms with Gasteiger partial charge in [-0.3, -0.25) is 4.57 Å². The lowest BCUT2D eigenvalue weighted by Gasteiger charge is -2.35. The van der Waals surface area contributed by atoms with Gasteiger partial charge < -0.3 is 34.4 Å². The summed E-state index contributed by atoms with van der Waals surface area (Å²) in [6.07, 6.45) is 8.56. The number of fused-ring (bicyclic) bond motifs is 1. The van der Waals surface area contributed by atoms with Crippen LogP contribution in [-0.4, -0.2) is 60.3 Å². The minimum absolute atomic E-state index is 0.0854. The van der Waals surface area contributed by atoms with E-state index in [0.717, 1.165) is 24.7 Å². The lowest BCUT2D eigenvalue weighted by Crippen LogP contribution is -2.46. The van der Waals surface area contributed by atoms with Crippen LogP contribution in [0.15, 0.2) is 6.20 Å². The fraction of sp³-hybridized carbons (Fsp3) is 0.893. The first-order valence-electron chi connectivity index (χ1n) is 14.6. The Hall–Kier alpha value is -0.800. The van der Waals surface area contributed by atoms with E-state index >= 15 is 0 Å². The summed E-state index contributed by atoms with van der Waals surface area (Å²) in [5.41, 5.74) is -0.276. The van der Waals surface area contributed by atoms with Crippen LogP contribution >= 0.6 is 7.60 Å². The van der Waals surface area contributed by atoms with Gasteiger partial charge >= 0.3 is 7.60 Å². The average Bonchev–Trinajstić information content (AvgIpc) is 3.29. The molecule has 0 saturated carbocycles. The number of rotatable bonds is 18. The molecule has 0 amide bonds. The van der Waals surface area contributed by atoms with Gasteiger partial charge in [0.2, 0.25) is 0 Å². The number of aliphatic hydroxyl groups excluding tert-OH is 4. The summed E-state index contributed by atoms with van der Waals surface area (Å²) in [6.45, 7) is 11.0. The molecule has 10 heteroatoms. The molecule has 5 N–H and O–H groups in total. The van der Waals surface area contributed by atoms with Crippen LogP contribution in [0.4, 0.5) is 0 Å². The maximum atomic E-state index is 12.8. The Labute approximate surface area is 229 Å². The number of aliphatic hydroxyl groups is 4. The van der Waals surface area contributed by atoms with Gasteiger partial charge in [0.05, 0.1) is 19.3 Å². The monoisotopic (exact) mass is 560 g/mol. The first-order chi connectivity index (χ1) is 17.9. The van der Waals surface area contributed by atoms with E-state index in [-0.39, 0.29) is 17.9 Å². The van der Waals surface area contributed by atoms with Gasteiger partial charge in [0.15, 0.2) is 5.44 Å². The van der Waals surface area contributed by atoms with Crippen LogP contribution < -0.4 is 5.44 Å². The summed E-state index contributed by atoms with van der Waals surface area (Å²) in [6, 6.07) is -0.981. The molecule has 222 valence electrons. The highest BCUT2D eigenvalue weighted by Crippen LogP contribution is 2.42. The smallest absolute Gasteiger partial charge is 0.378 e. The molecule has 1 aliphatic rings. The van der Waals surface area contributed by atoms with Crippen molar-refractivity contribution in [1.29, 1.82) is 0 Å². The maximum absolute atomic E-state index is 12.8. The molecular formula is C28H53N2O7P. The molecule has 8 atom stereocenters. The van der Waals surface area contributed by atoms with Gasteiger partial charge in [0.1, 0.15) is 24.1 Å². The second-order valence-electron chi connectivity index (χ2n) is 12.2. The molecule has 1 aromatic heterocycles. The van der Waals surface area contributed by atoms with E-state index in [0.29, 0.717) is 18.3 Å². The highest BCUT2D eigenvalue weighted by Gasteiger charge is 2.43. The molecule has 4 unspecified atom stereocenters. The van der Waals surface area contributed by atoms with Gasteiger partial charge in [-0.05, 0) is 30.1 Å². The van der Waals surface area contributed by atoms with E-state index in [1.165, 1.54) is 55.7 Å². The van der Waals surface area contributed by atoms with Gasteiger partial charge in [-0.25, -0.2) is 4.98 Å². The molecule has 9 nitrogen and oxygen atoms in total. The first kappa shape index (κ1) is 33.4. The largest absolute Gasteiger partial charge is 0.394 e. The number of hydrogen-bond donors (Lipinski definition) is 5. The Balaban J connectivity index is 1.68. The molecule has 38 heavy (non-hydrogen) atoms. The van der Waals surface area contributed by atoms with Gasteiger partial charge in [-0.15, -0.1) is 0 Å². The maximum Gasteiger partial charge on any atom is 0.378 e. The van der Waals surface area contributed by atoms with Crippen molar-refractivity contribution in [3.05, 3.63) is 12.0 Å². The zero-order valence-electron chi connectivity index (χ0n) is 24.1. The summed E-state index contributed by atoms with van der Waals surface area (Å²) in [7, 11) is -4.27. The van der Waals surface area contributed by atoms with E-state index < -0.39 is 38.6 Å². The van der Waals surface area contributed by atoms with E-state index in [4.69, 9.17) is 4.52 Å². The van der Waals surface area contributed by atoms with Crippen LogP contribution in [0.3, 0.4) is 0 Å². The SMILES string of the molecule is CC(C)CCCC(C)CCCC(C)CCCC(C)CCOP(=O)(O)c1cn2c(n1)[C@H](O)[C@@H](O)[C@H](O)[C@H]2CO. The van der Waals surface area contributed by atoms with Gasteiger partial charge in [0, 0.05) is 6.20 Å². The number of aromatic nitrogens is 2. The fourth-order valence-corrected chi connectivity index (χ4v) is 6.31. The zero-order valence-corrected chi connectivity index (χ0v) is 25.0. The van der Waals surface area contributed by atoms with Gasteiger partial charge in [-0.2, -0.15) is 0 Å². The highest BCUT2D eigenvalue weighted by molar-refractivity contribution is 7.60. The van der Waals surface area contributed by atoms with Crippen LogP contribution in [0.2, 0.25) is 0 Å². The minimum Gasteiger partial charge on any atom is -0.394 e. The lowest BCUT2D eigenvalue weighted by atomic mass is 9.91. The third kappa shape index (κ3) is 9.99. The standard InChI is InChI=1S/C28H53N2O7P/c1-19(2)9-6-10-20(3)11-7-12-21(4)13-8-14-22(5)15-16-37-38(35,36)24-17-30-23(18-31)25(32)26(33)27(34)28(30)29-24/h17,19-23,25-27,31-34H,6-16,18H2,1-5H3,(H,35,36)/t20?,21?,22?,23-,25-,26+,27-/m1/s1. The second-order valence-corrected chi connectivity index (χ2v) is 13.9. The summed E-state index contributed by atoms with van der Waals surface area (Å²) in [5, 5.41) is 39.9. The Kier molecular flexibility index (Phi) is 13.9. The zero-order chi connectivity index (χ0) is 28.5. The van der Waals surface area contributed by atoms with Crippen molar-refractivity contribution < 1.29 is 34.4 Å². The average molecular weight is 561 g/mol. The summed E-state index contributed by atoms with van der Waals surface area (Å²) in [5.74, 6) is 2.59. The molecule has 0 aromatic carbocycles. The van der Waals surface area contributed by atoms with Crippen molar-refractivity contribution in [3.63, 3.8) is 0 Å². The normalized spacial score (nSPS) is 25.7. The van der Waals surface area contributed by atoms with Crippen molar-refractivity contribution in [2.45, 2.75) is 123 Å². The molecule has 2 heterocycles. The number of imidazole rings is 1. The van der Waals surface area contributed by atoms with Crippen molar-refractivity contribution in [2.24, 2.45) is 23.7 Å². The number of nitrogens with zero attached hydrogens (tertiary/aromatic N) is 2. The molecule has 0 fully saturated rings. The molecule has 0 aliphatic carbocycles. The lowest BCUT2D eigenvalue weighted by molar-refractivity contribution is -0.108. The molecule has 1 aromatic rings. The molecule has 0 spiro atoms. The van der Waals surface area contributed by atoms with E-state index in [1.807, 2.05) is 0 Å². The Morgan fingerprint density at radius 3 is 1.87 bits per heavy atom. The molecule has 0 saturated heterocycles. The Morgan fingerprint density at radius 1 is 0.868 bits per heavy atom. The molecule has 0 radical (unpaired) electrons. The molecule has 0 bridgehead atoms. The van der Waals surface area contributed by atoms with Crippen LogP contribution in [0.25, 0.3) is 0 Å². The van der Waals surface area contributed by atoms with Crippen molar-refractivity contribution in [3.8, 4) is 0 Å². The second kappa shape index (κ2) is 15.8. The van der Waals surface area contributed by atoms with Crippen LogP contribution in [0.5, 0.6) is 0 Å². The van der Waals surface area contributed by atoms with E-state index in [2.05, 4.69) is 39.6 Å². The Morgan fingerprint density at radius 2 is 1.37 bits per heavy atom. The van der Waals surface area contributed by atoms with Crippen LogP contribution in [-0.2, 0) is 9.09 Å². The predicted molar refractivity (Wildman–Crippen MR) is 149 cm³/mol. The van der Waals surface area contributed by atoms with Crippen molar-refractivity contribution in [1.82, 2.24) is 9.55 Å². The van der Waals surface area contributed by atoms with Crippen LogP contribution in [0, 0.1) is 23.7 Å². The topological polar surface area (TPSA) is 145 Å². The Bertz CT molecular complexity index is 864. The van der Waals surface area contributed by atoms with Crippen LogP contribution in [0.1, 0.15) is 117 Å². The molecular weight excluding hydrogens is 507 g/mol. The first-order valence-corrected chi connectivity index (χ1v) is 16.2. The van der Waals surface area contributed by atoms with Crippen molar-refractivity contribution >= 4 is 13.0 Å². The summed E-state index contributed by atoms with van der Waals surface area (Å²) >= 11 is 0. The third-order valence-corrected chi connectivity index (χ3v) is 9.38. The fourth-order valence-electron chi connectivity index (χ4n) is 5.32. The quantitative estimate of drug-likeness (QED) is 0.165. The molecule has 1 aliphatic heterocycles. The molecule has 2 rings (SSSR count). The van der Waals surface area contributed by atoms with Crippen molar-refractivity contribution in [2.75, 3.05) is 13.2 Å². The minimum atomic E-state index is -4.27. The van der Waals surface area contributed by atoms with E-state index in [1.54, 1.807) is 0 Å². The summed E-state index contributed by atoms with van der Waals surface area (Å²) in [4.78, 5) is 14.5. The van der Waals surface area contributed by atoms with E-state index in [9.17, 15) is 29.9 Å². The predicted octanol–water partition coefficient (Wildman–Crippen LogP) is 4.48. The number of hydrogen-bond acceptors (Lipinski definition) is 7.